The van der Waals surface area contributed by atoms with E-state index in [1.807, 2.05) is 16.9 Å². The number of rotatable bonds is 6. The molecule has 19 heavy (non-hydrogen) atoms. The molecule has 4 heteroatoms. The first-order chi connectivity index (χ1) is 9.06. The summed E-state index contributed by atoms with van der Waals surface area (Å²) < 4.78 is 7.03. The Labute approximate surface area is 114 Å². The van der Waals surface area contributed by atoms with Crippen LogP contribution in [-0.4, -0.2) is 14.9 Å². The topological polar surface area (TPSA) is 51.2 Å². The van der Waals surface area contributed by atoms with Gasteiger partial charge in [-0.25, -0.2) is 0 Å². The van der Waals surface area contributed by atoms with E-state index in [-0.39, 0.29) is 0 Å². The SMILES string of the molecule is CCC(CC)n1ccc(CC(C)(O)c2ccoc2)n1. The van der Waals surface area contributed by atoms with Crippen molar-refractivity contribution in [2.45, 2.75) is 51.7 Å². The van der Waals surface area contributed by atoms with Gasteiger partial charge < -0.3 is 9.52 Å². The minimum Gasteiger partial charge on any atom is -0.472 e. The van der Waals surface area contributed by atoms with Gasteiger partial charge in [-0.2, -0.15) is 5.10 Å². The Kier molecular flexibility index (Phi) is 4.10. The van der Waals surface area contributed by atoms with Crippen molar-refractivity contribution in [3.63, 3.8) is 0 Å². The van der Waals surface area contributed by atoms with Crippen LogP contribution in [0.2, 0.25) is 0 Å². The monoisotopic (exact) mass is 262 g/mol. The summed E-state index contributed by atoms with van der Waals surface area (Å²) in [6.07, 6.45) is 7.77. The molecule has 0 bridgehead atoms. The van der Waals surface area contributed by atoms with Crippen LogP contribution in [0.5, 0.6) is 0 Å². The Morgan fingerprint density at radius 3 is 2.68 bits per heavy atom. The molecule has 0 fully saturated rings. The van der Waals surface area contributed by atoms with Crippen molar-refractivity contribution < 1.29 is 9.52 Å². The second-order valence-electron chi connectivity index (χ2n) is 5.22. The van der Waals surface area contributed by atoms with Gasteiger partial charge in [0.25, 0.3) is 0 Å². The highest BCUT2D eigenvalue weighted by Crippen LogP contribution is 2.25. The van der Waals surface area contributed by atoms with Crippen LogP contribution in [0.25, 0.3) is 0 Å². The normalized spacial score (nSPS) is 14.8. The van der Waals surface area contributed by atoms with Gasteiger partial charge in [0.2, 0.25) is 0 Å². The molecule has 1 N–H and O–H groups in total. The summed E-state index contributed by atoms with van der Waals surface area (Å²) >= 11 is 0. The van der Waals surface area contributed by atoms with E-state index >= 15 is 0 Å². The largest absolute Gasteiger partial charge is 0.472 e. The zero-order valence-corrected chi connectivity index (χ0v) is 11.8. The minimum atomic E-state index is -0.944. The number of nitrogens with zero attached hydrogens (tertiary/aromatic N) is 2. The van der Waals surface area contributed by atoms with Gasteiger partial charge in [0.1, 0.15) is 0 Å². The lowest BCUT2D eigenvalue weighted by molar-refractivity contribution is 0.0557. The third-order valence-electron chi connectivity index (χ3n) is 3.65. The highest BCUT2D eigenvalue weighted by Gasteiger charge is 2.26. The summed E-state index contributed by atoms with van der Waals surface area (Å²) in [4.78, 5) is 0. The molecule has 104 valence electrons. The molecule has 0 aliphatic heterocycles. The van der Waals surface area contributed by atoms with Gasteiger partial charge in [0.05, 0.1) is 29.9 Å². The predicted octanol–water partition coefficient (Wildman–Crippen LogP) is 3.29. The summed E-state index contributed by atoms with van der Waals surface area (Å²) in [5.41, 5.74) is 0.739. The molecule has 0 radical (unpaired) electrons. The summed E-state index contributed by atoms with van der Waals surface area (Å²) in [5, 5.41) is 15.1. The Bertz CT molecular complexity index is 496. The van der Waals surface area contributed by atoms with E-state index in [4.69, 9.17) is 4.42 Å². The van der Waals surface area contributed by atoms with Crippen LogP contribution in [0.3, 0.4) is 0 Å². The molecule has 0 aromatic carbocycles. The van der Waals surface area contributed by atoms with Crippen LogP contribution < -0.4 is 0 Å². The van der Waals surface area contributed by atoms with Gasteiger partial charge in [-0.1, -0.05) is 13.8 Å². The maximum atomic E-state index is 10.5. The molecular formula is C15H22N2O2. The van der Waals surface area contributed by atoms with E-state index in [1.54, 1.807) is 25.5 Å². The fraction of sp³-hybridized carbons (Fsp3) is 0.533. The molecule has 2 heterocycles. The van der Waals surface area contributed by atoms with Gasteiger partial charge in [0, 0.05) is 18.2 Å². The van der Waals surface area contributed by atoms with Gasteiger partial charge in [0.15, 0.2) is 0 Å². The molecule has 1 unspecified atom stereocenters. The molecule has 0 aliphatic rings. The van der Waals surface area contributed by atoms with Crippen molar-refractivity contribution in [3.8, 4) is 0 Å². The van der Waals surface area contributed by atoms with Crippen molar-refractivity contribution in [3.05, 3.63) is 42.1 Å². The first-order valence-corrected chi connectivity index (χ1v) is 6.86. The summed E-state index contributed by atoms with van der Waals surface area (Å²) in [7, 11) is 0. The third-order valence-corrected chi connectivity index (χ3v) is 3.65. The Morgan fingerprint density at radius 2 is 2.11 bits per heavy atom. The van der Waals surface area contributed by atoms with Crippen molar-refractivity contribution in [2.24, 2.45) is 0 Å². The zero-order chi connectivity index (χ0) is 13.9. The van der Waals surface area contributed by atoms with E-state index in [0.29, 0.717) is 12.5 Å². The van der Waals surface area contributed by atoms with Crippen LogP contribution in [0.4, 0.5) is 0 Å². The predicted molar refractivity (Wildman–Crippen MR) is 73.8 cm³/mol. The van der Waals surface area contributed by atoms with Gasteiger partial charge in [-0.05, 0) is 31.9 Å². The first kappa shape index (κ1) is 13.9. The second kappa shape index (κ2) is 5.61. The molecule has 2 rings (SSSR count). The van der Waals surface area contributed by atoms with Crippen molar-refractivity contribution in [1.82, 2.24) is 9.78 Å². The molecule has 0 aliphatic carbocycles. The van der Waals surface area contributed by atoms with Crippen LogP contribution in [0.1, 0.15) is 50.9 Å². The van der Waals surface area contributed by atoms with Crippen LogP contribution in [0, 0.1) is 0 Å². The number of hydrogen-bond donors (Lipinski definition) is 1. The van der Waals surface area contributed by atoms with Gasteiger partial charge >= 0.3 is 0 Å². The average Bonchev–Trinajstić information content (AvgIpc) is 3.01. The number of aromatic nitrogens is 2. The molecule has 0 saturated heterocycles. The molecule has 0 amide bonds. The van der Waals surface area contributed by atoms with E-state index in [9.17, 15) is 5.11 Å². The first-order valence-electron chi connectivity index (χ1n) is 6.86. The fourth-order valence-corrected chi connectivity index (χ4v) is 2.36. The molecule has 2 aromatic heterocycles. The lowest BCUT2D eigenvalue weighted by Gasteiger charge is -2.20. The quantitative estimate of drug-likeness (QED) is 0.869. The molecular weight excluding hydrogens is 240 g/mol. The standard InChI is InChI=1S/C15H22N2O2/c1-4-14(5-2)17-8-6-13(16-17)10-15(3,18)12-7-9-19-11-12/h6-9,11,14,18H,4-5,10H2,1-3H3. The van der Waals surface area contributed by atoms with E-state index < -0.39 is 5.60 Å². The van der Waals surface area contributed by atoms with Crippen molar-refractivity contribution in [1.29, 1.82) is 0 Å². The van der Waals surface area contributed by atoms with Crippen LogP contribution in [0.15, 0.2) is 35.3 Å². The Morgan fingerprint density at radius 1 is 1.37 bits per heavy atom. The zero-order valence-electron chi connectivity index (χ0n) is 11.8. The second-order valence-corrected chi connectivity index (χ2v) is 5.22. The number of furan rings is 1. The lowest BCUT2D eigenvalue weighted by Crippen LogP contribution is -2.24. The number of aliphatic hydroxyl groups is 1. The third kappa shape index (κ3) is 3.07. The highest BCUT2D eigenvalue weighted by atomic mass is 16.3. The molecule has 1 atom stereocenters. The van der Waals surface area contributed by atoms with Gasteiger partial charge in [-0.3, -0.25) is 4.68 Å². The van der Waals surface area contributed by atoms with Crippen LogP contribution >= 0.6 is 0 Å². The summed E-state index contributed by atoms with van der Waals surface area (Å²) in [5.74, 6) is 0. The van der Waals surface area contributed by atoms with E-state index in [0.717, 1.165) is 24.1 Å². The maximum absolute atomic E-state index is 10.5. The molecule has 2 aromatic rings. The van der Waals surface area contributed by atoms with Gasteiger partial charge in [-0.15, -0.1) is 0 Å². The fourth-order valence-electron chi connectivity index (χ4n) is 2.36. The van der Waals surface area contributed by atoms with Crippen molar-refractivity contribution in [2.75, 3.05) is 0 Å². The molecule has 0 spiro atoms. The lowest BCUT2D eigenvalue weighted by atomic mass is 9.94. The van der Waals surface area contributed by atoms with Crippen LogP contribution in [-0.2, 0) is 12.0 Å². The minimum absolute atomic E-state index is 0.438. The summed E-state index contributed by atoms with van der Waals surface area (Å²) in [6.45, 7) is 6.11. The summed E-state index contributed by atoms with van der Waals surface area (Å²) in [6, 6.07) is 4.21. The highest BCUT2D eigenvalue weighted by molar-refractivity contribution is 5.18. The average molecular weight is 262 g/mol. The van der Waals surface area contributed by atoms with E-state index in [1.165, 1.54) is 0 Å². The number of hydrogen-bond acceptors (Lipinski definition) is 3. The Hall–Kier alpha value is -1.55. The van der Waals surface area contributed by atoms with Crippen molar-refractivity contribution >= 4 is 0 Å². The van der Waals surface area contributed by atoms with E-state index in [2.05, 4.69) is 18.9 Å². The molecule has 0 saturated carbocycles. The maximum Gasteiger partial charge on any atom is 0.0963 e. The molecule has 4 nitrogen and oxygen atoms in total. The smallest absolute Gasteiger partial charge is 0.0963 e. The Balaban J connectivity index is 2.12.